The van der Waals surface area contributed by atoms with Crippen LogP contribution in [0.5, 0.6) is 5.75 Å². The zero-order chi connectivity index (χ0) is 17.5. The highest BCUT2D eigenvalue weighted by molar-refractivity contribution is 5.92. The topological polar surface area (TPSA) is 101 Å². The second kappa shape index (κ2) is 7.82. The fraction of sp³-hybridized carbons (Fsp3) is 0.111. The Labute approximate surface area is 139 Å². The van der Waals surface area contributed by atoms with Gasteiger partial charge in [-0.3, -0.25) is 0 Å². The molecule has 0 aromatic heterocycles. The molecule has 6 heteroatoms. The average Bonchev–Trinajstić information content (AvgIpc) is 2.57. The van der Waals surface area contributed by atoms with Crippen LogP contribution in [-0.4, -0.2) is 23.7 Å². The first-order valence-corrected chi connectivity index (χ1v) is 7.30. The number of carboxylic acid groups (broad SMARTS) is 1. The summed E-state index contributed by atoms with van der Waals surface area (Å²) in [6, 6.07) is 13.9. The highest BCUT2D eigenvalue weighted by atomic mass is 16.4. The fourth-order valence-electron chi connectivity index (χ4n) is 2.04. The van der Waals surface area contributed by atoms with Gasteiger partial charge >= 0.3 is 6.03 Å². The molecular weight excluding hydrogens is 308 g/mol. The van der Waals surface area contributed by atoms with Crippen LogP contribution in [0.25, 0.3) is 11.1 Å². The number of amides is 2. The van der Waals surface area contributed by atoms with E-state index < -0.39 is 12.0 Å². The third-order valence-corrected chi connectivity index (χ3v) is 3.35. The number of anilines is 1. The summed E-state index contributed by atoms with van der Waals surface area (Å²) in [5, 5.41) is 25.4. The van der Waals surface area contributed by atoms with Crippen molar-refractivity contribution in [3.05, 3.63) is 60.7 Å². The lowest BCUT2D eigenvalue weighted by Gasteiger charge is -2.12. The van der Waals surface area contributed by atoms with Gasteiger partial charge in [0, 0.05) is 6.54 Å². The molecule has 0 aliphatic rings. The number of aromatic hydroxyl groups is 1. The number of phenols is 1. The lowest BCUT2D eigenvalue weighted by atomic mass is 10.0. The summed E-state index contributed by atoms with van der Waals surface area (Å²) >= 11 is 0. The summed E-state index contributed by atoms with van der Waals surface area (Å²) in [6.45, 7) is 3.42. The van der Waals surface area contributed by atoms with Gasteiger partial charge < -0.3 is 25.6 Å². The molecule has 24 heavy (non-hydrogen) atoms. The third kappa shape index (κ3) is 4.61. The third-order valence-electron chi connectivity index (χ3n) is 3.35. The molecule has 124 valence electrons. The molecular formula is C18H17N2O4-. The van der Waals surface area contributed by atoms with Crippen LogP contribution in [0.2, 0.25) is 0 Å². The Balaban J connectivity index is 2.00. The second-order valence-corrected chi connectivity index (χ2v) is 5.12. The Bertz CT molecular complexity index is 757. The number of carboxylic acids is 1. The van der Waals surface area contributed by atoms with Crippen molar-refractivity contribution in [1.82, 2.24) is 5.32 Å². The summed E-state index contributed by atoms with van der Waals surface area (Å²) in [5.74, 6) is -1.41. The molecule has 0 saturated carbocycles. The van der Waals surface area contributed by atoms with Gasteiger partial charge in [-0.1, -0.05) is 43.0 Å². The quantitative estimate of drug-likeness (QED) is 0.557. The van der Waals surface area contributed by atoms with Crippen LogP contribution in [0.1, 0.15) is 6.42 Å². The minimum Gasteiger partial charge on any atom is -0.545 e. The Kier molecular flexibility index (Phi) is 5.57. The maximum absolute atomic E-state index is 11.8. The van der Waals surface area contributed by atoms with E-state index in [0.717, 1.165) is 11.1 Å². The van der Waals surface area contributed by atoms with E-state index in [-0.39, 0.29) is 30.0 Å². The Hall–Kier alpha value is -3.28. The first-order valence-electron chi connectivity index (χ1n) is 7.30. The van der Waals surface area contributed by atoms with Crippen LogP contribution in [0.4, 0.5) is 10.5 Å². The molecule has 2 rings (SSSR count). The van der Waals surface area contributed by atoms with E-state index in [9.17, 15) is 19.8 Å². The Morgan fingerprint density at radius 2 is 1.79 bits per heavy atom. The van der Waals surface area contributed by atoms with Gasteiger partial charge in [-0.05, 0) is 35.3 Å². The van der Waals surface area contributed by atoms with Gasteiger partial charge in [0.1, 0.15) is 5.75 Å². The summed E-state index contributed by atoms with van der Waals surface area (Å²) in [7, 11) is 0. The molecule has 0 bridgehead atoms. The van der Waals surface area contributed by atoms with Crippen molar-refractivity contribution in [2.75, 3.05) is 11.9 Å². The number of benzene rings is 2. The molecule has 0 radical (unpaired) electrons. The zero-order valence-electron chi connectivity index (χ0n) is 12.9. The van der Waals surface area contributed by atoms with Crippen molar-refractivity contribution in [1.29, 1.82) is 0 Å². The molecule has 0 atom stereocenters. The van der Waals surface area contributed by atoms with Crippen molar-refractivity contribution in [3.8, 4) is 16.9 Å². The van der Waals surface area contributed by atoms with Crippen molar-refractivity contribution in [2.24, 2.45) is 0 Å². The van der Waals surface area contributed by atoms with E-state index in [1.54, 1.807) is 12.1 Å². The molecule has 0 spiro atoms. The average molecular weight is 325 g/mol. The highest BCUT2D eigenvalue weighted by Crippen LogP contribution is 2.29. The van der Waals surface area contributed by atoms with Crippen molar-refractivity contribution < 1.29 is 19.8 Å². The number of phenolic OH excluding ortho intramolecular Hbond substituents is 1. The van der Waals surface area contributed by atoms with Crippen LogP contribution >= 0.6 is 0 Å². The molecule has 0 heterocycles. The van der Waals surface area contributed by atoms with E-state index in [1.807, 2.05) is 30.3 Å². The first kappa shape index (κ1) is 17.1. The molecule has 2 aromatic rings. The van der Waals surface area contributed by atoms with Gasteiger partial charge in [0.15, 0.2) is 0 Å². The van der Waals surface area contributed by atoms with E-state index in [0.29, 0.717) is 0 Å². The van der Waals surface area contributed by atoms with E-state index >= 15 is 0 Å². The summed E-state index contributed by atoms with van der Waals surface area (Å²) in [5.41, 5.74) is 1.96. The highest BCUT2D eigenvalue weighted by Gasteiger charge is 2.08. The maximum atomic E-state index is 11.8. The Morgan fingerprint density at radius 1 is 1.08 bits per heavy atom. The predicted molar refractivity (Wildman–Crippen MR) is 89.3 cm³/mol. The van der Waals surface area contributed by atoms with Gasteiger partial charge in [-0.25, -0.2) is 4.79 Å². The second-order valence-electron chi connectivity index (χ2n) is 5.12. The lowest BCUT2D eigenvalue weighted by Crippen LogP contribution is -2.31. The molecule has 0 aliphatic carbocycles. The largest absolute Gasteiger partial charge is 0.545 e. The molecule has 0 fully saturated rings. The van der Waals surface area contributed by atoms with Gasteiger partial charge in [-0.2, -0.15) is 0 Å². The van der Waals surface area contributed by atoms with Crippen LogP contribution in [0.3, 0.4) is 0 Å². The number of urea groups is 1. The van der Waals surface area contributed by atoms with Crippen LogP contribution in [0, 0.1) is 0 Å². The number of aliphatic carboxylic acids is 1. The normalized spacial score (nSPS) is 10.0. The fourth-order valence-corrected chi connectivity index (χ4v) is 2.04. The maximum Gasteiger partial charge on any atom is 0.319 e. The van der Waals surface area contributed by atoms with E-state index in [2.05, 4.69) is 17.2 Å². The minimum atomic E-state index is -1.34. The van der Waals surface area contributed by atoms with Crippen molar-refractivity contribution in [3.63, 3.8) is 0 Å². The van der Waals surface area contributed by atoms with Crippen LogP contribution in [-0.2, 0) is 4.79 Å². The van der Waals surface area contributed by atoms with Gasteiger partial charge in [0.25, 0.3) is 0 Å². The number of nitrogens with one attached hydrogen (secondary N) is 2. The van der Waals surface area contributed by atoms with E-state index in [4.69, 9.17) is 0 Å². The molecule has 0 saturated heterocycles. The number of hydrogen-bond acceptors (Lipinski definition) is 4. The van der Waals surface area contributed by atoms with Gasteiger partial charge in [-0.15, -0.1) is 0 Å². The molecule has 2 aromatic carbocycles. The lowest BCUT2D eigenvalue weighted by molar-refractivity contribution is -0.299. The SMILES string of the molecule is C=C(CCNC(=O)Nc1cc(-c2ccccc2)ccc1O)C(=O)[O-]. The number of carbonyl (C=O) groups is 2. The van der Waals surface area contributed by atoms with E-state index in [1.165, 1.54) is 6.07 Å². The van der Waals surface area contributed by atoms with Gasteiger partial charge in [0.2, 0.25) is 0 Å². The zero-order valence-corrected chi connectivity index (χ0v) is 12.9. The molecule has 3 N–H and O–H groups in total. The standard InChI is InChI=1S/C18H18N2O4/c1-12(17(22)23)9-10-19-18(24)20-15-11-14(7-8-16(15)21)13-5-3-2-4-6-13/h2-8,11,21H,1,9-10H2,(H,22,23)(H2,19,20,24)/p-1. The summed E-state index contributed by atoms with van der Waals surface area (Å²) < 4.78 is 0. The number of rotatable bonds is 6. The van der Waals surface area contributed by atoms with Crippen LogP contribution < -0.4 is 15.7 Å². The number of carbonyl (C=O) groups excluding carboxylic acids is 2. The number of hydrogen-bond donors (Lipinski definition) is 3. The predicted octanol–water partition coefficient (Wildman–Crippen LogP) is 1.88. The minimum absolute atomic E-state index is 0.0658. The molecule has 0 aliphatic heterocycles. The monoisotopic (exact) mass is 325 g/mol. The van der Waals surface area contributed by atoms with Gasteiger partial charge in [0.05, 0.1) is 11.7 Å². The molecule has 6 nitrogen and oxygen atoms in total. The molecule has 2 amide bonds. The van der Waals surface area contributed by atoms with Crippen molar-refractivity contribution >= 4 is 17.7 Å². The summed E-state index contributed by atoms with van der Waals surface area (Å²) in [6.07, 6.45) is 0.0752. The Morgan fingerprint density at radius 3 is 2.46 bits per heavy atom. The molecule has 0 unspecified atom stereocenters. The first-order chi connectivity index (χ1) is 11.5. The van der Waals surface area contributed by atoms with Crippen molar-refractivity contribution in [2.45, 2.75) is 6.42 Å². The smallest absolute Gasteiger partial charge is 0.319 e. The summed E-state index contributed by atoms with van der Waals surface area (Å²) in [4.78, 5) is 22.3. The van der Waals surface area contributed by atoms with Crippen LogP contribution in [0.15, 0.2) is 60.7 Å².